The van der Waals surface area contributed by atoms with Gasteiger partial charge in [-0.15, -0.1) is 0 Å². The summed E-state index contributed by atoms with van der Waals surface area (Å²) in [6, 6.07) is 12.3. The molecule has 0 atom stereocenters. The van der Waals surface area contributed by atoms with Gasteiger partial charge in [-0.25, -0.2) is 0 Å². The van der Waals surface area contributed by atoms with E-state index in [-0.39, 0.29) is 11.3 Å². The van der Waals surface area contributed by atoms with E-state index in [2.05, 4.69) is 10.9 Å². The van der Waals surface area contributed by atoms with Crippen LogP contribution in [0.1, 0.15) is 15.9 Å². The van der Waals surface area contributed by atoms with Crippen LogP contribution in [-0.4, -0.2) is 16.7 Å². The van der Waals surface area contributed by atoms with Gasteiger partial charge in [0.2, 0.25) is 0 Å². The van der Waals surface area contributed by atoms with Gasteiger partial charge in [-0.2, -0.15) is 0 Å². The molecule has 2 aromatic carbocycles. The standard InChI is InChI=1S/C16H12ClN3O4/c17-13-7-3-1-5-11(13)9-10-15(21)18-19-16(22)12-6-2-4-8-14(12)20(23)24/h1-10H,(H,18,21)(H,19,22)/b10-9+. The Kier molecular flexibility index (Phi) is 5.64. The van der Waals surface area contributed by atoms with Crippen molar-refractivity contribution in [2.45, 2.75) is 0 Å². The number of carbonyl (C=O) groups is 2. The van der Waals surface area contributed by atoms with Crippen LogP contribution in [0.15, 0.2) is 54.6 Å². The average molecular weight is 346 g/mol. The van der Waals surface area contributed by atoms with Crippen molar-refractivity contribution in [2.75, 3.05) is 0 Å². The molecule has 0 heterocycles. The lowest BCUT2D eigenvalue weighted by Gasteiger charge is -2.05. The fraction of sp³-hybridized carbons (Fsp3) is 0. The third-order valence-electron chi connectivity index (χ3n) is 2.96. The molecule has 7 nitrogen and oxygen atoms in total. The molecule has 0 saturated carbocycles. The van der Waals surface area contributed by atoms with Crippen molar-refractivity contribution >= 4 is 35.2 Å². The molecule has 0 aliphatic heterocycles. The van der Waals surface area contributed by atoms with Gasteiger partial charge in [0.05, 0.1) is 4.92 Å². The van der Waals surface area contributed by atoms with Crippen LogP contribution in [0.3, 0.4) is 0 Å². The molecule has 2 N–H and O–H groups in total. The van der Waals surface area contributed by atoms with Gasteiger partial charge in [-0.05, 0) is 23.8 Å². The van der Waals surface area contributed by atoms with Gasteiger partial charge < -0.3 is 0 Å². The van der Waals surface area contributed by atoms with Crippen LogP contribution in [0, 0.1) is 10.1 Å². The van der Waals surface area contributed by atoms with E-state index >= 15 is 0 Å². The van der Waals surface area contributed by atoms with Crippen molar-refractivity contribution in [3.8, 4) is 0 Å². The molecule has 0 aliphatic carbocycles. The topological polar surface area (TPSA) is 101 Å². The first-order valence-electron chi connectivity index (χ1n) is 6.75. The van der Waals surface area contributed by atoms with E-state index in [1.54, 1.807) is 24.3 Å². The van der Waals surface area contributed by atoms with E-state index in [9.17, 15) is 19.7 Å². The minimum Gasteiger partial charge on any atom is -0.268 e. The van der Waals surface area contributed by atoms with Crippen molar-refractivity contribution in [2.24, 2.45) is 0 Å². The quantitative estimate of drug-likeness (QED) is 0.505. The molecule has 122 valence electrons. The molecule has 2 amide bonds. The minimum atomic E-state index is -0.790. The zero-order valence-corrected chi connectivity index (χ0v) is 13.0. The zero-order chi connectivity index (χ0) is 17.5. The number of nitrogens with zero attached hydrogens (tertiary/aromatic N) is 1. The summed E-state index contributed by atoms with van der Waals surface area (Å²) >= 11 is 5.95. The van der Waals surface area contributed by atoms with E-state index in [0.29, 0.717) is 10.6 Å². The van der Waals surface area contributed by atoms with Crippen molar-refractivity contribution in [3.63, 3.8) is 0 Å². The van der Waals surface area contributed by atoms with Gasteiger partial charge in [0.1, 0.15) is 5.56 Å². The van der Waals surface area contributed by atoms with E-state index in [1.165, 1.54) is 36.4 Å². The third-order valence-corrected chi connectivity index (χ3v) is 3.31. The van der Waals surface area contributed by atoms with Gasteiger partial charge in [-0.3, -0.25) is 30.6 Å². The van der Waals surface area contributed by atoms with Crippen molar-refractivity contribution < 1.29 is 14.5 Å². The highest BCUT2D eigenvalue weighted by atomic mass is 35.5. The Bertz CT molecular complexity index is 820. The molecule has 0 aromatic heterocycles. The molecule has 2 rings (SSSR count). The fourth-order valence-corrected chi connectivity index (χ4v) is 2.03. The molecule has 2 aromatic rings. The maximum atomic E-state index is 11.9. The number of benzene rings is 2. The lowest BCUT2D eigenvalue weighted by Crippen LogP contribution is -2.40. The summed E-state index contributed by atoms with van der Waals surface area (Å²) in [7, 11) is 0. The lowest BCUT2D eigenvalue weighted by atomic mass is 10.2. The molecule has 0 spiro atoms. The summed E-state index contributed by atoms with van der Waals surface area (Å²) in [5.74, 6) is -1.40. The van der Waals surface area contributed by atoms with Crippen LogP contribution in [-0.2, 0) is 4.79 Å². The molecule has 0 bridgehead atoms. The van der Waals surface area contributed by atoms with E-state index in [1.807, 2.05) is 0 Å². The summed E-state index contributed by atoms with van der Waals surface area (Å²) in [5, 5.41) is 11.3. The van der Waals surface area contributed by atoms with E-state index in [4.69, 9.17) is 11.6 Å². The molecule has 24 heavy (non-hydrogen) atoms. The summed E-state index contributed by atoms with van der Waals surface area (Å²) in [4.78, 5) is 33.8. The van der Waals surface area contributed by atoms with Crippen LogP contribution in [0.5, 0.6) is 0 Å². The number of amides is 2. The second-order valence-corrected chi connectivity index (χ2v) is 4.98. The molecule has 8 heteroatoms. The van der Waals surface area contributed by atoms with Crippen LogP contribution in [0.2, 0.25) is 5.02 Å². The summed E-state index contributed by atoms with van der Waals surface area (Å²) < 4.78 is 0. The van der Waals surface area contributed by atoms with Crippen LogP contribution < -0.4 is 10.9 Å². The first kappa shape index (κ1) is 17.2. The molecular weight excluding hydrogens is 334 g/mol. The number of nitro benzene ring substituents is 1. The van der Waals surface area contributed by atoms with Crippen LogP contribution in [0.25, 0.3) is 6.08 Å². The second kappa shape index (κ2) is 7.89. The monoisotopic (exact) mass is 345 g/mol. The number of para-hydroxylation sites is 1. The maximum absolute atomic E-state index is 11.9. The van der Waals surface area contributed by atoms with Crippen LogP contribution >= 0.6 is 11.6 Å². The minimum absolute atomic E-state index is 0.155. The Morgan fingerprint density at radius 3 is 2.42 bits per heavy atom. The Morgan fingerprint density at radius 2 is 1.71 bits per heavy atom. The highest BCUT2D eigenvalue weighted by molar-refractivity contribution is 6.32. The van der Waals surface area contributed by atoms with Gasteiger partial charge in [-0.1, -0.05) is 41.9 Å². The van der Waals surface area contributed by atoms with Gasteiger partial charge in [0.25, 0.3) is 17.5 Å². The van der Waals surface area contributed by atoms with E-state index < -0.39 is 16.7 Å². The molecule has 0 aliphatic rings. The molecule has 0 unspecified atom stereocenters. The number of nitro groups is 1. The predicted molar refractivity (Wildman–Crippen MR) is 89.2 cm³/mol. The summed E-state index contributed by atoms with van der Waals surface area (Å²) in [6.45, 7) is 0. The largest absolute Gasteiger partial charge is 0.282 e. The van der Waals surface area contributed by atoms with Gasteiger partial charge in [0, 0.05) is 17.2 Å². The Labute approximate surface area is 142 Å². The number of halogens is 1. The smallest absolute Gasteiger partial charge is 0.268 e. The molecule has 0 saturated heterocycles. The Morgan fingerprint density at radius 1 is 1.04 bits per heavy atom. The highest BCUT2D eigenvalue weighted by Crippen LogP contribution is 2.17. The summed E-state index contributed by atoms with van der Waals surface area (Å²) in [5.41, 5.74) is 4.40. The normalized spacial score (nSPS) is 10.4. The zero-order valence-electron chi connectivity index (χ0n) is 12.2. The van der Waals surface area contributed by atoms with E-state index in [0.717, 1.165) is 0 Å². The lowest BCUT2D eigenvalue weighted by molar-refractivity contribution is -0.385. The first-order chi connectivity index (χ1) is 11.5. The Balaban J connectivity index is 1.98. The number of hydrazine groups is 1. The average Bonchev–Trinajstić information content (AvgIpc) is 2.59. The number of hydrogen-bond acceptors (Lipinski definition) is 4. The van der Waals surface area contributed by atoms with Crippen LogP contribution in [0.4, 0.5) is 5.69 Å². The van der Waals surface area contributed by atoms with Crippen molar-refractivity contribution in [1.29, 1.82) is 0 Å². The Hall–Kier alpha value is -3.19. The first-order valence-corrected chi connectivity index (χ1v) is 7.13. The van der Waals surface area contributed by atoms with Gasteiger partial charge >= 0.3 is 0 Å². The highest BCUT2D eigenvalue weighted by Gasteiger charge is 2.19. The maximum Gasteiger partial charge on any atom is 0.282 e. The number of carbonyl (C=O) groups excluding carboxylic acids is 2. The van der Waals surface area contributed by atoms with Crippen molar-refractivity contribution in [1.82, 2.24) is 10.9 Å². The predicted octanol–water partition coefficient (Wildman–Crippen LogP) is 2.72. The fourth-order valence-electron chi connectivity index (χ4n) is 1.83. The number of hydrogen-bond donors (Lipinski definition) is 2. The number of rotatable bonds is 4. The molecule has 0 radical (unpaired) electrons. The second-order valence-electron chi connectivity index (χ2n) is 4.57. The summed E-state index contributed by atoms with van der Waals surface area (Å²) in [6.07, 6.45) is 2.66. The number of nitrogens with one attached hydrogen (secondary N) is 2. The van der Waals surface area contributed by atoms with Gasteiger partial charge in [0.15, 0.2) is 0 Å². The van der Waals surface area contributed by atoms with Crippen molar-refractivity contribution in [3.05, 3.63) is 80.9 Å². The molecular formula is C16H12ClN3O4. The molecule has 0 fully saturated rings. The SMILES string of the molecule is O=C(/C=C/c1ccccc1Cl)NNC(=O)c1ccccc1[N+](=O)[O-]. The third kappa shape index (κ3) is 4.40.